The molecule has 1 heterocycles. The summed E-state index contributed by atoms with van der Waals surface area (Å²) in [5.74, 6) is 0.387. The highest BCUT2D eigenvalue weighted by Crippen LogP contribution is 2.30. The Morgan fingerprint density at radius 3 is 2.39 bits per heavy atom. The van der Waals surface area contributed by atoms with E-state index >= 15 is 0 Å². The molecule has 0 aliphatic heterocycles. The first kappa shape index (κ1) is 12.6. The molecular formula is C16H18O2. The second-order valence-electron chi connectivity index (χ2n) is 5.13. The fourth-order valence-corrected chi connectivity index (χ4v) is 1.96. The summed E-state index contributed by atoms with van der Waals surface area (Å²) in [7, 11) is 0. The van der Waals surface area contributed by atoms with E-state index in [-0.39, 0.29) is 5.41 Å². The van der Waals surface area contributed by atoms with Crippen LogP contribution in [0.1, 0.15) is 43.3 Å². The maximum absolute atomic E-state index is 10.8. The van der Waals surface area contributed by atoms with Crippen LogP contribution in [-0.2, 0) is 5.41 Å². The average Bonchev–Trinajstić information content (AvgIpc) is 2.87. The molecule has 0 radical (unpaired) electrons. The van der Waals surface area contributed by atoms with Crippen molar-refractivity contribution in [1.82, 2.24) is 0 Å². The van der Waals surface area contributed by atoms with Crippen LogP contribution in [0, 0.1) is 0 Å². The van der Waals surface area contributed by atoms with Crippen molar-refractivity contribution in [2.45, 2.75) is 32.6 Å². The van der Waals surface area contributed by atoms with Gasteiger partial charge in [0.2, 0.25) is 0 Å². The third kappa shape index (κ3) is 2.23. The van der Waals surface area contributed by atoms with Crippen LogP contribution >= 0.6 is 0 Å². The number of carbonyl (C=O) groups excluding carboxylic acids is 1. The number of rotatable bonds is 4. The summed E-state index contributed by atoms with van der Waals surface area (Å²) in [5.41, 5.74) is 3.36. The average molecular weight is 242 g/mol. The molecule has 2 nitrogen and oxygen atoms in total. The van der Waals surface area contributed by atoms with Crippen LogP contribution in [0.3, 0.4) is 0 Å². The lowest BCUT2D eigenvalue weighted by Crippen LogP contribution is -2.14. The minimum atomic E-state index is 0.183. The van der Waals surface area contributed by atoms with Gasteiger partial charge in [-0.3, -0.25) is 4.79 Å². The maximum atomic E-state index is 10.8. The van der Waals surface area contributed by atoms with Crippen molar-refractivity contribution in [3.63, 3.8) is 0 Å². The molecular weight excluding hydrogens is 224 g/mol. The van der Waals surface area contributed by atoms with E-state index in [0.29, 0.717) is 5.76 Å². The van der Waals surface area contributed by atoms with E-state index in [9.17, 15) is 4.79 Å². The molecule has 2 rings (SSSR count). The Kier molecular flexibility index (Phi) is 3.37. The van der Waals surface area contributed by atoms with Crippen LogP contribution in [-0.4, -0.2) is 6.29 Å². The molecule has 0 aliphatic carbocycles. The standard InChI is InChI=1S/C16H18O2/c1-4-16(2,3)13-7-5-12(6-8-13)14-9-10-18-15(14)11-17/h5-11H,4H2,1-3H3. The van der Waals surface area contributed by atoms with Crippen molar-refractivity contribution in [3.8, 4) is 11.1 Å². The summed E-state index contributed by atoms with van der Waals surface area (Å²) in [6, 6.07) is 10.2. The third-order valence-electron chi connectivity index (χ3n) is 3.66. The SMILES string of the molecule is CCC(C)(C)c1ccc(-c2ccoc2C=O)cc1. The molecule has 0 saturated heterocycles. The maximum Gasteiger partial charge on any atom is 0.185 e. The van der Waals surface area contributed by atoms with E-state index in [1.54, 1.807) is 6.26 Å². The first-order valence-corrected chi connectivity index (χ1v) is 6.22. The fourth-order valence-electron chi connectivity index (χ4n) is 1.96. The molecule has 0 spiro atoms. The van der Waals surface area contributed by atoms with Gasteiger partial charge in [-0.2, -0.15) is 0 Å². The first-order chi connectivity index (χ1) is 8.58. The van der Waals surface area contributed by atoms with E-state index in [2.05, 4.69) is 32.9 Å². The van der Waals surface area contributed by atoms with Gasteiger partial charge in [-0.05, 0) is 29.0 Å². The molecule has 0 bridgehead atoms. The van der Waals surface area contributed by atoms with Gasteiger partial charge in [-0.15, -0.1) is 0 Å². The normalized spacial score (nSPS) is 11.5. The minimum Gasteiger partial charge on any atom is -0.461 e. The highest BCUT2D eigenvalue weighted by molar-refractivity contribution is 5.84. The quantitative estimate of drug-likeness (QED) is 0.741. The molecule has 18 heavy (non-hydrogen) atoms. The molecule has 94 valence electrons. The molecule has 0 atom stereocenters. The Bertz CT molecular complexity index is 532. The molecule has 2 aromatic rings. The summed E-state index contributed by atoms with van der Waals surface area (Å²) < 4.78 is 5.12. The van der Waals surface area contributed by atoms with Crippen LogP contribution in [0.2, 0.25) is 0 Å². The molecule has 0 unspecified atom stereocenters. The number of furan rings is 1. The van der Waals surface area contributed by atoms with Crippen molar-refractivity contribution in [2.24, 2.45) is 0 Å². The topological polar surface area (TPSA) is 30.2 Å². The summed E-state index contributed by atoms with van der Waals surface area (Å²) in [4.78, 5) is 10.8. The summed E-state index contributed by atoms with van der Waals surface area (Å²) in [6.07, 6.45) is 3.39. The van der Waals surface area contributed by atoms with Gasteiger partial charge in [-0.25, -0.2) is 0 Å². The highest BCUT2D eigenvalue weighted by atomic mass is 16.3. The Morgan fingerprint density at radius 2 is 1.83 bits per heavy atom. The van der Waals surface area contributed by atoms with Gasteiger partial charge in [0.15, 0.2) is 12.0 Å². The molecule has 0 aliphatic rings. The molecule has 1 aromatic carbocycles. The molecule has 0 saturated carbocycles. The third-order valence-corrected chi connectivity index (χ3v) is 3.66. The Morgan fingerprint density at radius 1 is 1.17 bits per heavy atom. The number of hydrogen-bond donors (Lipinski definition) is 0. The molecule has 2 heteroatoms. The van der Waals surface area contributed by atoms with Gasteiger partial charge in [0.25, 0.3) is 0 Å². The minimum absolute atomic E-state index is 0.183. The van der Waals surface area contributed by atoms with Crippen molar-refractivity contribution < 1.29 is 9.21 Å². The number of aldehydes is 1. The largest absolute Gasteiger partial charge is 0.461 e. The van der Waals surface area contributed by atoms with E-state index in [1.165, 1.54) is 5.56 Å². The Balaban J connectivity index is 2.36. The molecule has 0 N–H and O–H groups in total. The number of carbonyl (C=O) groups is 1. The van der Waals surface area contributed by atoms with Crippen LogP contribution in [0.15, 0.2) is 41.0 Å². The number of benzene rings is 1. The Labute approximate surface area is 108 Å². The summed E-state index contributed by atoms with van der Waals surface area (Å²) in [5, 5.41) is 0. The van der Waals surface area contributed by atoms with Gasteiger partial charge >= 0.3 is 0 Å². The van der Waals surface area contributed by atoms with Crippen molar-refractivity contribution >= 4 is 6.29 Å². The highest BCUT2D eigenvalue weighted by Gasteiger charge is 2.18. The summed E-state index contributed by atoms with van der Waals surface area (Å²) in [6.45, 7) is 6.65. The van der Waals surface area contributed by atoms with Crippen LogP contribution < -0.4 is 0 Å². The lowest BCUT2D eigenvalue weighted by molar-refractivity contribution is 0.110. The van der Waals surface area contributed by atoms with Gasteiger partial charge in [0.05, 0.1) is 6.26 Å². The second kappa shape index (κ2) is 4.81. The van der Waals surface area contributed by atoms with Crippen molar-refractivity contribution in [2.75, 3.05) is 0 Å². The van der Waals surface area contributed by atoms with E-state index < -0.39 is 0 Å². The van der Waals surface area contributed by atoms with E-state index in [4.69, 9.17) is 4.42 Å². The lowest BCUT2D eigenvalue weighted by atomic mass is 9.82. The zero-order valence-electron chi connectivity index (χ0n) is 11.1. The smallest absolute Gasteiger partial charge is 0.185 e. The van der Waals surface area contributed by atoms with E-state index in [1.807, 2.05) is 18.2 Å². The predicted octanol–water partition coefficient (Wildman–Crippen LogP) is 4.45. The van der Waals surface area contributed by atoms with E-state index in [0.717, 1.165) is 23.8 Å². The van der Waals surface area contributed by atoms with Crippen LogP contribution in [0.5, 0.6) is 0 Å². The Hall–Kier alpha value is -1.83. The molecule has 0 amide bonds. The van der Waals surface area contributed by atoms with Gasteiger partial charge in [0, 0.05) is 5.56 Å². The zero-order valence-corrected chi connectivity index (χ0v) is 11.1. The van der Waals surface area contributed by atoms with Crippen molar-refractivity contribution in [1.29, 1.82) is 0 Å². The predicted molar refractivity (Wildman–Crippen MR) is 72.8 cm³/mol. The first-order valence-electron chi connectivity index (χ1n) is 6.22. The number of hydrogen-bond acceptors (Lipinski definition) is 2. The lowest BCUT2D eigenvalue weighted by Gasteiger charge is -2.23. The fraction of sp³-hybridized carbons (Fsp3) is 0.312. The zero-order chi connectivity index (χ0) is 13.2. The summed E-state index contributed by atoms with van der Waals surface area (Å²) >= 11 is 0. The molecule has 0 fully saturated rings. The van der Waals surface area contributed by atoms with Crippen molar-refractivity contribution in [3.05, 3.63) is 47.9 Å². The van der Waals surface area contributed by atoms with Gasteiger partial charge in [0.1, 0.15) is 0 Å². The van der Waals surface area contributed by atoms with Crippen LogP contribution in [0.25, 0.3) is 11.1 Å². The van der Waals surface area contributed by atoms with Gasteiger partial charge < -0.3 is 4.42 Å². The van der Waals surface area contributed by atoms with Crippen LogP contribution in [0.4, 0.5) is 0 Å². The molecule has 1 aromatic heterocycles. The van der Waals surface area contributed by atoms with Gasteiger partial charge in [-0.1, -0.05) is 45.0 Å². The monoisotopic (exact) mass is 242 g/mol. The second-order valence-corrected chi connectivity index (χ2v) is 5.13.